The number of benzene rings is 5. The second-order valence-corrected chi connectivity index (χ2v) is 18.2. The first kappa shape index (κ1) is 41.8. The lowest BCUT2D eigenvalue weighted by atomic mass is 9.81. The zero-order chi connectivity index (χ0) is 45.6. The van der Waals surface area contributed by atoms with Gasteiger partial charge in [0.05, 0.1) is 23.4 Å². The molecule has 5 heteroatoms. The van der Waals surface area contributed by atoms with Gasteiger partial charge in [-0.1, -0.05) is 197 Å². The Morgan fingerprint density at radius 1 is 0.672 bits per heavy atom. The van der Waals surface area contributed by atoms with E-state index in [1.165, 1.54) is 50.1 Å². The van der Waals surface area contributed by atoms with Gasteiger partial charge < -0.3 is 9.47 Å². The highest BCUT2D eigenvalue weighted by atomic mass is 15.3. The van der Waals surface area contributed by atoms with Crippen LogP contribution in [-0.2, 0) is 12.0 Å². The molecule has 2 aromatic heterocycles. The Kier molecular flexibility index (Phi) is 10.7. The maximum Gasteiger partial charge on any atom is 0.234 e. The molecule has 4 aliphatic rings. The fourth-order valence-electron chi connectivity index (χ4n) is 10.8. The van der Waals surface area contributed by atoms with Gasteiger partial charge in [-0.2, -0.15) is 9.97 Å². The number of para-hydroxylation sites is 2. The monoisotopic (exact) mass is 867 g/mol. The molecule has 0 saturated carbocycles. The summed E-state index contributed by atoms with van der Waals surface area (Å²) in [5.41, 5.74) is 18.8. The third kappa shape index (κ3) is 7.14. The van der Waals surface area contributed by atoms with Crippen molar-refractivity contribution >= 4 is 62.2 Å². The topological polar surface area (TPSA) is 46.8 Å². The SMILES string of the molecule is C=CC(=C1/C(=C\C)C(C)(C)c2ccccc21)c1nc(-c2ccccc2)nc(N2Cc3c(c4ccccc4n3C3=CCCC=C3c3ccccc3C3=CCCC=C3)/C=C\C(=C)c3ccccc32)n1. The smallest absolute Gasteiger partial charge is 0.234 e. The minimum Gasteiger partial charge on any atom is -0.311 e. The number of aromatic nitrogens is 4. The molecule has 0 bridgehead atoms. The van der Waals surface area contributed by atoms with Crippen LogP contribution in [-0.4, -0.2) is 19.5 Å². The van der Waals surface area contributed by atoms with Crippen LogP contribution in [0.15, 0.2) is 195 Å². The van der Waals surface area contributed by atoms with Crippen molar-refractivity contribution in [2.24, 2.45) is 0 Å². The number of anilines is 2. The van der Waals surface area contributed by atoms with E-state index in [4.69, 9.17) is 15.0 Å². The average Bonchev–Trinajstić information content (AvgIpc) is 3.83. The van der Waals surface area contributed by atoms with E-state index in [0.29, 0.717) is 24.1 Å². The summed E-state index contributed by atoms with van der Waals surface area (Å²) in [5, 5.41) is 1.17. The molecule has 0 unspecified atom stereocenters. The molecule has 5 aromatic carbocycles. The largest absolute Gasteiger partial charge is 0.311 e. The summed E-state index contributed by atoms with van der Waals surface area (Å²) < 4.78 is 2.51. The second kappa shape index (κ2) is 17.2. The quantitative estimate of drug-likeness (QED) is 0.160. The Bertz CT molecular complexity index is 3400. The van der Waals surface area contributed by atoms with Crippen LogP contribution in [0.1, 0.15) is 91.4 Å². The predicted molar refractivity (Wildman–Crippen MR) is 282 cm³/mol. The molecular weight excluding hydrogens is 815 g/mol. The van der Waals surface area contributed by atoms with E-state index in [1.807, 2.05) is 24.3 Å². The summed E-state index contributed by atoms with van der Waals surface area (Å²) in [4.78, 5) is 18.6. The number of hydrogen-bond donors (Lipinski definition) is 0. The summed E-state index contributed by atoms with van der Waals surface area (Å²) in [6.45, 7) is 16.3. The standard InChI is InChI=1S/C62H53N5/c1-6-44(58-51-33-16-20-34-53(51)62(4,5)52(58)7-2)60-63-59(43-26-12-9-13-27-43)64-61(65-60)66-40-57-50(39-38-41(3)45-28-17-21-35-54(45)66)49-32-19-23-37-56(49)67(57)55-36-22-18-31-48(55)47-30-15-14-29-46(47)42-24-10-8-11-25-42/h6-7,9-10,12-17,19-21,23-39H,1,3,8,11,18,22,40H2,2,4-5H3/b39-38-,52-7+,58-44?. The first-order chi connectivity index (χ1) is 32.9. The summed E-state index contributed by atoms with van der Waals surface area (Å²) in [6.07, 6.45) is 24.5. The van der Waals surface area contributed by atoms with Gasteiger partial charge in [-0.05, 0) is 89.3 Å². The summed E-state index contributed by atoms with van der Waals surface area (Å²) in [7, 11) is 0. The van der Waals surface area contributed by atoms with Crippen molar-refractivity contribution in [3.05, 3.63) is 240 Å². The van der Waals surface area contributed by atoms with Gasteiger partial charge in [0, 0.05) is 44.3 Å². The van der Waals surface area contributed by atoms with Crippen molar-refractivity contribution in [3.8, 4) is 11.4 Å². The van der Waals surface area contributed by atoms with Crippen molar-refractivity contribution in [2.45, 2.75) is 58.4 Å². The van der Waals surface area contributed by atoms with Crippen LogP contribution in [0, 0.1) is 0 Å². The fraction of sp³-hybridized carbons (Fsp3) is 0.145. The van der Waals surface area contributed by atoms with Crippen molar-refractivity contribution in [1.82, 2.24) is 19.5 Å². The lowest BCUT2D eigenvalue weighted by molar-refractivity contribution is 0.660. The van der Waals surface area contributed by atoms with Crippen molar-refractivity contribution in [2.75, 3.05) is 4.90 Å². The molecule has 0 fully saturated rings. The summed E-state index contributed by atoms with van der Waals surface area (Å²) in [6, 6.07) is 45.2. The van der Waals surface area contributed by atoms with Gasteiger partial charge >= 0.3 is 0 Å². The van der Waals surface area contributed by atoms with Crippen LogP contribution < -0.4 is 4.90 Å². The van der Waals surface area contributed by atoms with Crippen molar-refractivity contribution < 1.29 is 0 Å². The predicted octanol–water partition coefficient (Wildman–Crippen LogP) is 15.7. The van der Waals surface area contributed by atoms with Crippen molar-refractivity contribution in [1.29, 1.82) is 0 Å². The lowest BCUT2D eigenvalue weighted by Gasteiger charge is -2.28. The van der Waals surface area contributed by atoms with Crippen LogP contribution in [0.5, 0.6) is 0 Å². The molecule has 0 N–H and O–H groups in total. The van der Waals surface area contributed by atoms with Gasteiger partial charge in [-0.25, -0.2) is 4.98 Å². The van der Waals surface area contributed by atoms with Gasteiger partial charge in [0.2, 0.25) is 5.95 Å². The van der Waals surface area contributed by atoms with Gasteiger partial charge in [-0.3, -0.25) is 0 Å². The van der Waals surface area contributed by atoms with E-state index in [-0.39, 0.29) is 5.41 Å². The van der Waals surface area contributed by atoms with E-state index in [9.17, 15) is 0 Å². The lowest BCUT2D eigenvalue weighted by Crippen LogP contribution is -2.24. The Morgan fingerprint density at radius 2 is 1.37 bits per heavy atom. The summed E-state index contributed by atoms with van der Waals surface area (Å²) >= 11 is 0. The molecule has 0 atom stereocenters. The maximum absolute atomic E-state index is 5.56. The zero-order valence-electron chi connectivity index (χ0n) is 38.5. The normalized spacial score (nSPS) is 18.2. The number of rotatable bonds is 7. The number of hydrogen-bond acceptors (Lipinski definition) is 4. The second-order valence-electron chi connectivity index (χ2n) is 18.2. The van der Waals surface area contributed by atoms with Crippen LogP contribution in [0.3, 0.4) is 0 Å². The van der Waals surface area contributed by atoms with Crippen LogP contribution in [0.25, 0.3) is 61.9 Å². The van der Waals surface area contributed by atoms with E-state index >= 15 is 0 Å². The molecular formula is C62H53N5. The number of nitrogens with zero attached hydrogens (tertiary/aromatic N) is 5. The Labute approximate surface area is 394 Å². The van der Waals surface area contributed by atoms with Gasteiger partial charge in [0.15, 0.2) is 11.6 Å². The minimum atomic E-state index is -0.226. The van der Waals surface area contributed by atoms with Crippen LogP contribution in [0.4, 0.5) is 11.6 Å². The molecule has 0 saturated heterocycles. The van der Waals surface area contributed by atoms with Gasteiger partial charge in [0.1, 0.15) is 0 Å². The molecule has 5 nitrogen and oxygen atoms in total. The third-order valence-electron chi connectivity index (χ3n) is 13.9. The minimum absolute atomic E-state index is 0.226. The molecule has 67 heavy (non-hydrogen) atoms. The number of fused-ring (bicyclic) bond motifs is 5. The molecule has 0 amide bonds. The first-order valence-corrected chi connectivity index (χ1v) is 23.5. The fourth-order valence-corrected chi connectivity index (χ4v) is 10.8. The Hall–Kier alpha value is -7.89. The van der Waals surface area contributed by atoms with Crippen LogP contribution in [0.2, 0.25) is 0 Å². The Balaban J connectivity index is 1.17. The highest BCUT2D eigenvalue weighted by Crippen LogP contribution is 2.52. The molecule has 7 aromatic rings. The highest BCUT2D eigenvalue weighted by molar-refractivity contribution is 6.08. The third-order valence-corrected chi connectivity index (χ3v) is 13.9. The molecule has 1 aliphatic heterocycles. The van der Waals surface area contributed by atoms with E-state index in [0.717, 1.165) is 76.0 Å². The van der Waals surface area contributed by atoms with E-state index in [2.05, 4.69) is 201 Å². The highest BCUT2D eigenvalue weighted by Gasteiger charge is 2.39. The molecule has 326 valence electrons. The average molecular weight is 868 g/mol. The van der Waals surface area contributed by atoms with E-state index in [1.54, 1.807) is 0 Å². The maximum atomic E-state index is 5.56. The van der Waals surface area contributed by atoms with Gasteiger partial charge in [0.25, 0.3) is 0 Å². The van der Waals surface area contributed by atoms with Gasteiger partial charge in [-0.15, -0.1) is 0 Å². The molecule has 3 heterocycles. The Morgan fingerprint density at radius 3 is 2.16 bits per heavy atom. The van der Waals surface area contributed by atoms with Crippen molar-refractivity contribution in [3.63, 3.8) is 0 Å². The summed E-state index contributed by atoms with van der Waals surface area (Å²) in [5.74, 6) is 1.70. The van der Waals surface area contributed by atoms with Crippen LogP contribution >= 0.6 is 0 Å². The first-order valence-electron chi connectivity index (χ1n) is 23.5. The molecule has 11 rings (SSSR count). The molecule has 0 spiro atoms. The molecule has 3 aliphatic carbocycles. The van der Waals surface area contributed by atoms with E-state index < -0.39 is 0 Å². The number of allylic oxidation sites excluding steroid dienone is 15. The molecule has 0 radical (unpaired) electrons. The zero-order valence-corrected chi connectivity index (χ0v) is 38.5.